The molecule has 1 N–H and O–H groups in total. The van der Waals surface area contributed by atoms with Crippen molar-refractivity contribution in [1.82, 2.24) is 4.98 Å². The maximum absolute atomic E-state index is 12.0. The molecule has 0 atom stereocenters. The Bertz CT molecular complexity index is 656. The lowest BCUT2D eigenvalue weighted by molar-refractivity contribution is 0.104. The number of allylic oxidation sites excluding steroid dienone is 2. The van der Waals surface area contributed by atoms with Crippen LogP contribution in [0, 0.1) is 0 Å². The molecule has 0 saturated heterocycles. The number of benzene rings is 1. The number of nitrogens with one attached hydrogen (secondary N) is 1. The molecule has 0 aliphatic rings. The van der Waals surface area contributed by atoms with Crippen molar-refractivity contribution in [2.45, 2.75) is 6.92 Å². The Morgan fingerprint density at radius 1 is 1.40 bits per heavy atom. The van der Waals surface area contributed by atoms with Crippen molar-refractivity contribution in [1.29, 1.82) is 0 Å². The zero-order chi connectivity index (χ0) is 14.5. The Hall–Kier alpha value is -1.65. The molecule has 5 heteroatoms. The van der Waals surface area contributed by atoms with E-state index in [2.05, 4.69) is 26.2 Å². The van der Waals surface area contributed by atoms with Crippen LogP contribution in [0.1, 0.15) is 17.3 Å². The smallest absolute Gasteiger partial charge is 0.189 e. The number of hydrogen-bond donors (Lipinski definition) is 1. The summed E-state index contributed by atoms with van der Waals surface area (Å²) in [5, 5.41) is 3.69. The minimum atomic E-state index is -0.101. The van der Waals surface area contributed by atoms with E-state index < -0.39 is 0 Å². The average Bonchev–Trinajstić information content (AvgIpc) is 2.43. The number of ketones is 1. The van der Waals surface area contributed by atoms with Crippen LogP contribution in [-0.2, 0) is 0 Å². The third-order valence-corrected chi connectivity index (χ3v) is 3.36. The molecule has 0 unspecified atom stereocenters. The lowest BCUT2D eigenvalue weighted by Crippen LogP contribution is -2.02. The Morgan fingerprint density at radius 2 is 2.20 bits per heavy atom. The molecule has 20 heavy (non-hydrogen) atoms. The van der Waals surface area contributed by atoms with Crippen molar-refractivity contribution in [2.24, 2.45) is 0 Å². The molecule has 0 radical (unpaired) electrons. The predicted molar refractivity (Wildman–Crippen MR) is 85.1 cm³/mol. The van der Waals surface area contributed by atoms with E-state index in [4.69, 9.17) is 11.6 Å². The van der Waals surface area contributed by atoms with E-state index in [1.165, 1.54) is 6.08 Å². The van der Waals surface area contributed by atoms with Gasteiger partial charge in [0.15, 0.2) is 5.78 Å². The van der Waals surface area contributed by atoms with Crippen LogP contribution in [0.5, 0.6) is 0 Å². The number of hydrogen-bond acceptors (Lipinski definition) is 3. The maximum atomic E-state index is 12.0. The van der Waals surface area contributed by atoms with Crippen LogP contribution < -0.4 is 5.32 Å². The van der Waals surface area contributed by atoms with Gasteiger partial charge < -0.3 is 5.32 Å². The van der Waals surface area contributed by atoms with Gasteiger partial charge in [-0.1, -0.05) is 27.5 Å². The predicted octanol–water partition coefficient (Wildman–Crippen LogP) is 4.70. The van der Waals surface area contributed by atoms with Crippen LogP contribution in [0.2, 0.25) is 5.02 Å². The molecule has 0 bridgehead atoms. The van der Waals surface area contributed by atoms with Gasteiger partial charge in [-0.15, -0.1) is 0 Å². The topological polar surface area (TPSA) is 42.0 Å². The van der Waals surface area contributed by atoms with Crippen molar-refractivity contribution >= 4 is 39.0 Å². The number of carbonyl (C=O) groups excluding carboxylic acids is 1. The van der Waals surface area contributed by atoms with Gasteiger partial charge in [-0.2, -0.15) is 0 Å². The minimum Gasteiger partial charge on any atom is -0.358 e. The van der Waals surface area contributed by atoms with Gasteiger partial charge in [0.25, 0.3) is 0 Å². The summed E-state index contributed by atoms with van der Waals surface area (Å²) in [6, 6.07) is 8.98. The molecule has 0 aliphatic heterocycles. The zero-order valence-electron chi connectivity index (χ0n) is 10.7. The number of anilines is 1. The molecule has 1 heterocycles. The number of aromatic nitrogens is 1. The molecule has 2 rings (SSSR count). The van der Waals surface area contributed by atoms with Crippen molar-refractivity contribution in [3.05, 3.63) is 69.6 Å². The molecule has 0 aliphatic carbocycles. The summed E-state index contributed by atoms with van der Waals surface area (Å²) in [6.45, 7) is 1.81. The molecular weight excluding hydrogens is 340 g/mol. The molecule has 0 fully saturated rings. The van der Waals surface area contributed by atoms with Gasteiger partial charge in [0.05, 0.1) is 10.7 Å². The fourth-order valence-electron chi connectivity index (χ4n) is 1.63. The second kappa shape index (κ2) is 6.68. The standard InChI is InChI=1S/C15H12BrClN2O/c1-10(7-15(20)11-3-2-6-18-9-11)19-14-5-4-12(16)8-13(14)17/h2-9,19H,1H3/b10-7+. The van der Waals surface area contributed by atoms with Crippen LogP contribution in [0.15, 0.2) is 59.0 Å². The number of rotatable bonds is 4. The third-order valence-electron chi connectivity index (χ3n) is 2.56. The Morgan fingerprint density at radius 3 is 2.85 bits per heavy atom. The van der Waals surface area contributed by atoms with E-state index in [1.807, 2.05) is 19.1 Å². The molecule has 1 aromatic heterocycles. The average molecular weight is 352 g/mol. The lowest BCUT2D eigenvalue weighted by atomic mass is 10.1. The maximum Gasteiger partial charge on any atom is 0.189 e. The second-order valence-corrected chi connectivity index (χ2v) is 5.51. The summed E-state index contributed by atoms with van der Waals surface area (Å²) in [5.74, 6) is -0.101. The van der Waals surface area contributed by atoms with Crippen LogP contribution in [0.25, 0.3) is 0 Å². The highest BCUT2D eigenvalue weighted by Crippen LogP contribution is 2.26. The SMILES string of the molecule is C/C(=C\C(=O)c1cccnc1)Nc1ccc(Br)cc1Cl. The molecule has 0 amide bonds. The van der Waals surface area contributed by atoms with Gasteiger partial charge in [-0.25, -0.2) is 0 Å². The fraction of sp³-hybridized carbons (Fsp3) is 0.0667. The molecule has 102 valence electrons. The van der Waals surface area contributed by atoms with Gasteiger partial charge in [0.1, 0.15) is 0 Å². The number of pyridine rings is 1. The Balaban J connectivity index is 2.13. The van der Waals surface area contributed by atoms with Crippen molar-refractivity contribution < 1.29 is 4.79 Å². The molecule has 0 spiro atoms. The molecule has 3 nitrogen and oxygen atoms in total. The van der Waals surface area contributed by atoms with E-state index in [-0.39, 0.29) is 5.78 Å². The number of halogens is 2. The minimum absolute atomic E-state index is 0.101. The Labute approximate surface area is 130 Å². The highest BCUT2D eigenvalue weighted by molar-refractivity contribution is 9.10. The molecule has 1 aromatic carbocycles. The largest absolute Gasteiger partial charge is 0.358 e. The Kier molecular flexibility index (Phi) is 4.93. The first-order valence-electron chi connectivity index (χ1n) is 5.91. The summed E-state index contributed by atoms with van der Waals surface area (Å²) in [6.07, 6.45) is 4.70. The van der Waals surface area contributed by atoms with Gasteiger partial charge in [0.2, 0.25) is 0 Å². The summed E-state index contributed by atoms with van der Waals surface area (Å²) in [5.41, 5.74) is 2.02. The van der Waals surface area contributed by atoms with Gasteiger partial charge in [-0.05, 0) is 37.3 Å². The van der Waals surface area contributed by atoms with Crippen molar-refractivity contribution in [2.75, 3.05) is 5.32 Å². The van der Waals surface area contributed by atoms with Crippen LogP contribution in [0.4, 0.5) is 5.69 Å². The highest BCUT2D eigenvalue weighted by Gasteiger charge is 2.05. The lowest BCUT2D eigenvalue weighted by Gasteiger charge is -2.08. The fourth-order valence-corrected chi connectivity index (χ4v) is 2.35. The molecule has 2 aromatic rings. The van der Waals surface area contributed by atoms with Crippen molar-refractivity contribution in [3.63, 3.8) is 0 Å². The molecular formula is C15H12BrClN2O. The highest BCUT2D eigenvalue weighted by atomic mass is 79.9. The third kappa shape index (κ3) is 3.92. The first-order valence-corrected chi connectivity index (χ1v) is 7.08. The first kappa shape index (κ1) is 14.8. The summed E-state index contributed by atoms with van der Waals surface area (Å²) < 4.78 is 0.904. The van der Waals surface area contributed by atoms with Crippen molar-refractivity contribution in [3.8, 4) is 0 Å². The number of carbonyl (C=O) groups is 1. The van der Waals surface area contributed by atoms with Gasteiger partial charge in [0, 0.05) is 34.2 Å². The second-order valence-electron chi connectivity index (χ2n) is 4.18. The van der Waals surface area contributed by atoms with Crippen LogP contribution in [0.3, 0.4) is 0 Å². The van der Waals surface area contributed by atoms with E-state index in [0.29, 0.717) is 16.3 Å². The van der Waals surface area contributed by atoms with Gasteiger partial charge in [-0.3, -0.25) is 9.78 Å². The summed E-state index contributed by atoms with van der Waals surface area (Å²) in [4.78, 5) is 15.9. The molecule has 0 saturated carbocycles. The van der Waals surface area contributed by atoms with E-state index in [1.54, 1.807) is 30.6 Å². The van der Waals surface area contributed by atoms with Gasteiger partial charge >= 0.3 is 0 Å². The van der Waals surface area contributed by atoms with Crippen LogP contribution in [-0.4, -0.2) is 10.8 Å². The summed E-state index contributed by atoms with van der Waals surface area (Å²) in [7, 11) is 0. The normalized spacial score (nSPS) is 11.2. The van der Waals surface area contributed by atoms with E-state index in [9.17, 15) is 4.79 Å². The summed E-state index contributed by atoms with van der Waals surface area (Å²) >= 11 is 9.46. The zero-order valence-corrected chi connectivity index (χ0v) is 13.1. The van der Waals surface area contributed by atoms with E-state index in [0.717, 1.165) is 10.2 Å². The number of nitrogens with zero attached hydrogens (tertiary/aromatic N) is 1. The van der Waals surface area contributed by atoms with E-state index >= 15 is 0 Å². The quantitative estimate of drug-likeness (QED) is 0.641. The monoisotopic (exact) mass is 350 g/mol. The van der Waals surface area contributed by atoms with Crippen LogP contribution >= 0.6 is 27.5 Å². The first-order chi connectivity index (χ1) is 9.56.